The normalized spacial score (nSPS) is 19.3. The highest BCUT2D eigenvalue weighted by Gasteiger charge is 2.36. The maximum absolute atomic E-state index is 9.88. The molecule has 0 saturated carbocycles. The molecule has 0 aliphatic carbocycles. The highest BCUT2D eigenvalue weighted by Crippen LogP contribution is 2.31. The lowest BCUT2D eigenvalue weighted by Crippen LogP contribution is -2.36. The van der Waals surface area contributed by atoms with Crippen LogP contribution in [-0.4, -0.2) is 38.8 Å². The summed E-state index contributed by atoms with van der Waals surface area (Å²) in [6.07, 6.45) is 8.77. The molecule has 7 heteroatoms. The zero-order valence-corrected chi connectivity index (χ0v) is 16.6. The van der Waals surface area contributed by atoms with Gasteiger partial charge in [-0.25, -0.2) is 0 Å². The minimum atomic E-state index is -0.550. The Hall–Kier alpha value is -2.41. The number of β-amino-alcohol motifs (C(OH)–C–C–N with tert-alkyl or cyclic N) is 1. The second-order valence-electron chi connectivity index (χ2n) is 7.61. The molecule has 7 nitrogen and oxygen atoms in total. The molecule has 0 amide bonds. The molecule has 28 heavy (non-hydrogen) atoms. The Labute approximate surface area is 166 Å². The van der Waals surface area contributed by atoms with E-state index in [1.165, 1.54) is 44.1 Å². The summed E-state index contributed by atoms with van der Waals surface area (Å²) in [5.74, 6) is 0.810. The zero-order valence-electron chi connectivity index (χ0n) is 16.6. The van der Waals surface area contributed by atoms with Crippen LogP contribution in [-0.2, 0) is 6.42 Å². The van der Waals surface area contributed by atoms with E-state index in [0.717, 1.165) is 12.0 Å². The zero-order chi connectivity index (χ0) is 19.9. The molecule has 1 saturated heterocycles. The molecule has 152 valence electrons. The smallest absolute Gasteiger partial charge is 0.249 e. The fraction of sp³-hybridized carbons (Fsp3) is 0.571. The Balaban J connectivity index is 1.57. The summed E-state index contributed by atoms with van der Waals surface area (Å²) in [5, 5.41) is 21.6. The molecule has 2 heterocycles. The Morgan fingerprint density at radius 1 is 1.21 bits per heavy atom. The van der Waals surface area contributed by atoms with Gasteiger partial charge in [-0.1, -0.05) is 68.4 Å². The van der Waals surface area contributed by atoms with E-state index in [4.69, 9.17) is 15.7 Å². The molecule has 2 aromatic rings. The summed E-state index contributed by atoms with van der Waals surface area (Å²) in [4.78, 5) is 6.07. The van der Waals surface area contributed by atoms with Crippen molar-refractivity contribution in [3.05, 3.63) is 35.7 Å². The van der Waals surface area contributed by atoms with Gasteiger partial charge in [0.2, 0.25) is 11.7 Å². The summed E-state index contributed by atoms with van der Waals surface area (Å²) >= 11 is 0. The summed E-state index contributed by atoms with van der Waals surface area (Å²) in [6, 6.07) is 7.94. The second-order valence-corrected chi connectivity index (χ2v) is 7.61. The first-order valence-corrected chi connectivity index (χ1v) is 10.3. The van der Waals surface area contributed by atoms with E-state index in [2.05, 4.69) is 29.2 Å². The van der Waals surface area contributed by atoms with Crippen LogP contribution in [0.2, 0.25) is 0 Å². The van der Waals surface area contributed by atoms with Crippen molar-refractivity contribution in [2.24, 2.45) is 5.73 Å². The third-order valence-corrected chi connectivity index (χ3v) is 5.35. The van der Waals surface area contributed by atoms with Gasteiger partial charge in [0.1, 0.15) is 6.04 Å². The largest absolute Gasteiger partial charge is 0.391 e. The van der Waals surface area contributed by atoms with Gasteiger partial charge in [-0.15, -0.1) is 0 Å². The number of benzene rings is 1. The maximum Gasteiger partial charge on any atom is 0.249 e. The van der Waals surface area contributed by atoms with Gasteiger partial charge in [0.25, 0.3) is 0 Å². The van der Waals surface area contributed by atoms with E-state index >= 15 is 0 Å². The van der Waals surface area contributed by atoms with E-state index in [1.54, 1.807) is 4.90 Å². The number of aliphatic hydroxyl groups excluding tert-OH is 1. The molecule has 0 spiro atoms. The van der Waals surface area contributed by atoms with E-state index in [1.807, 2.05) is 12.1 Å². The predicted molar refractivity (Wildman–Crippen MR) is 109 cm³/mol. The van der Waals surface area contributed by atoms with Gasteiger partial charge < -0.3 is 20.3 Å². The third kappa shape index (κ3) is 5.10. The van der Waals surface area contributed by atoms with Crippen LogP contribution in [0.3, 0.4) is 0 Å². The number of aliphatic hydroxyl groups is 1. The summed E-state index contributed by atoms with van der Waals surface area (Å²) < 4.78 is 5.41. The number of nitrogens with two attached hydrogens (primary N) is 1. The number of guanidine groups is 1. The van der Waals surface area contributed by atoms with Crippen molar-refractivity contribution in [2.45, 2.75) is 70.4 Å². The number of hydrogen-bond acceptors (Lipinski definition) is 5. The number of aryl methyl sites for hydroxylation is 1. The van der Waals surface area contributed by atoms with Gasteiger partial charge in [0, 0.05) is 18.5 Å². The minimum Gasteiger partial charge on any atom is -0.391 e. The quantitative estimate of drug-likeness (QED) is 0.345. The van der Waals surface area contributed by atoms with Gasteiger partial charge >= 0.3 is 0 Å². The number of aromatic nitrogens is 2. The summed E-state index contributed by atoms with van der Waals surface area (Å²) in [6.45, 7) is 2.55. The van der Waals surface area contributed by atoms with E-state index < -0.39 is 6.10 Å². The van der Waals surface area contributed by atoms with Crippen molar-refractivity contribution in [3.63, 3.8) is 0 Å². The molecule has 2 atom stereocenters. The number of nitrogens with zero attached hydrogens (tertiary/aromatic N) is 3. The average Bonchev–Trinajstić information content (AvgIpc) is 3.32. The van der Waals surface area contributed by atoms with Crippen LogP contribution in [0.25, 0.3) is 11.4 Å². The highest BCUT2D eigenvalue weighted by atomic mass is 16.5. The molecule has 1 aromatic heterocycles. The summed E-state index contributed by atoms with van der Waals surface area (Å²) in [5.41, 5.74) is 7.83. The lowest BCUT2D eigenvalue weighted by Gasteiger charge is -2.20. The predicted octanol–water partition coefficient (Wildman–Crippen LogP) is 3.64. The van der Waals surface area contributed by atoms with Crippen molar-refractivity contribution >= 4 is 5.96 Å². The fourth-order valence-electron chi connectivity index (χ4n) is 3.73. The molecule has 4 N–H and O–H groups in total. The van der Waals surface area contributed by atoms with Crippen molar-refractivity contribution in [3.8, 4) is 11.4 Å². The fourth-order valence-corrected chi connectivity index (χ4v) is 3.73. The molecule has 0 unspecified atom stereocenters. The maximum atomic E-state index is 9.88. The number of nitrogens with one attached hydrogen (secondary N) is 1. The van der Waals surface area contributed by atoms with Crippen molar-refractivity contribution in [2.75, 3.05) is 6.54 Å². The second kappa shape index (κ2) is 9.68. The average molecular weight is 386 g/mol. The molecule has 3 rings (SSSR count). The Morgan fingerprint density at radius 3 is 2.64 bits per heavy atom. The lowest BCUT2D eigenvalue weighted by atomic mass is 10.0. The first kappa shape index (κ1) is 20.3. The van der Waals surface area contributed by atoms with E-state index in [9.17, 15) is 5.11 Å². The molecule has 0 bridgehead atoms. The standard InChI is InChI=1S/C21H31N5O2/c1-2-3-4-5-6-7-8-15-9-11-16(12-10-15)19-24-20(28-25-19)18-13-17(27)14-26(18)21(22)23/h9-12,17-18,27H,2-8,13-14H2,1H3,(H3,22,23)/t17-,18+/m0/s1. The molecule has 1 aliphatic rings. The van der Waals surface area contributed by atoms with E-state index in [-0.39, 0.29) is 12.0 Å². The van der Waals surface area contributed by atoms with Crippen LogP contribution in [0.1, 0.15) is 69.4 Å². The van der Waals surface area contributed by atoms with Crippen molar-refractivity contribution in [1.82, 2.24) is 15.0 Å². The first-order chi connectivity index (χ1) is 13.6. The van der Waals surface area contributed by atoms with Gasteiger partial charge in [0.15, 0.2) is 5.96 Å². The van der Waals surface area contributed by atoms with Crippen LogP contribution >= 0.6 is 0 Å². The third-order valence-electron chi connectivity index (χ3n) is 5.35. The van der Waals surface area contributed by atoms with Gasteiger partial charge in [0.05, 0.1) is 6.10 Å². The van der Waals surface area contributed by atoms with Crippen LogP contribution in [0.5, 0.6) is 0 Å². The minimum absolute atomic E-state index is 0.0969. The van der Waals surface area contributed by atoms with Gasteiger partial charge in [-0.2, -0.15) is 4.98 Å². The molecule has 1 fully saturated rings. The Bertz CT molecular complexity index is 758. The van der Waals surface area contributed by atoms with Crippen LogP contribution in [0.4, 0.5) is 0 Å². The number of hydrogen-bond donors (Lipinski definition) is 3. The first-order valence-electron chi connectivity index (χ1n) is 10.3. The molecular formula is C21H31N5O2. The SMILES string of the molecule is CCCCCCCCc1ccc(-c2noc([C@H]3C[C@H](O)CN3C(=N)N)n2)cc1. The van der Waals surface area contributed by atoms with E-state index in [0.29, 0.717) is 24.7 Å². The van der Waals surface area contributed by atoms with Crippen molar-refractivity contribution in [1.29, 1.82) is 5.41 Å². The number of likely N-dealkylation sites (tertiary alicyclic amines) is 1. The topological polar surface area (TPSA) is 112 Å². The van der Waals surface area contributed by atoms with Gasteiger partial charge in [-0.05, 0) is 18.4 Å². The Kier molecular flexibility index (Phi) is 7.03. The van der Waals surface area contributed by atoms with Crippen LogP contribution in [0.15, 0.2) is 28.8 Å². The molecular weight excluding hydrogens is 354 g/mol. The molecule has 1 aromatic carbocycles. The highest BCUT2D eigenvalue weighted by molar-refractivity contribution is 5.75. The molecule has 0 radical (unpaired) electrons. The van der Waals surface area contributed by atoms with Crippen LogP contribution < -0.4 is 5.73 Å². The van der Waals surface area contributed by atoms with Gasteiger partial charge in [-0.3, -0.25) is 5.41 Å². The Morgan fingerprint density at radius 2 is 1.93 bits per heavy atom. The monoisotopic (exact) mass is 385 g/mol. The number of unbranched alkanes of at least 4 members (excludes halogenated alkanes) is 5. The summed E-state index contributed by atoms with van der Waals surface area (Å²) in [7, 11) is 0. The lowest BCUT2D eigenvalue weighted by molar-refractivity contribution is 0.187. The van der Waals surface area contributed by atoms with Crippen LogP contribution in [0, 0.1) is 5.41 Å². The van der Waals surface area contributed by atoms with Crippen molar-refractivity contribution < 1.29 is 9.63 Å². The molecule has 1 aliphatic heterocycles. The number of rotatable bonds is 9.